The summed E-state index contributed by atoms with van der Waals surface area (Å²) in [4.78, 5) is 26.8. The van der Waals surface area contributed by atoms with Crippen LogP contribution in [0.15, 0.2) is 42.5 Å². The molecule has 1 aliphatic heterocycles. The summed E-state index contributed by atoms with van der Waals surface area (Å²) in [7, 11) is 0. The van der Waals surface area contributed by atoms with Gasteiger partial charge in [0.2, 0.25) is 11.8 Å². The first-order valence-electron chi connectivity index (χ1n) is 7.43. The molecule has 1 aromatic rings. The van der Waals surface area contributed by atoms with Crippen LogP contribution in [-0.2, 0) is 9.59 Å². The Morgan fingerprint density at radius 1 is 1.05 bits per heavy atom. The summed E-state index contributed by atoms with van der Waals surface area (Å²) in [5.74, 6) is -0.210. The highest BCUT2D eigenvalue weighted by molar-refractivity contribution is 6.06. The van der Waals surface area contributed by atoms with E-state index in [9.17, 15) is 14.7 Å². The van der Waals surface area contributed by atoms with Crippen molar-refractivity contribution in [2.45, 2.75) is 12.5 Å². The van der Waals surface area contributed by atoms with Crippen LogP contribution in [0, 0.1) is 23.7 Å². The third-order valence-electron chi connectivity index (χ3n) is 5.17. The van der Waals surface area contributed by atoms with Gasteiger partial charge in [0.1, 0.15) is 0 Å². The molecule has 4 unspecified atom stereocenters. The molecule has 1 aromatic carbocycles. The molecule has 2 fully saturated rings. The van der Waals surface area contributed by atoms with Crippen molar-refractivity contribution in [3.63, 3.8) is 0 Å². The number of imide groups is 1. The normalized spacial score (nSPS) is 34.6. The molecule has 3 aliphatic rings. The van der Waals surface area contributed by atoms with Crippen LogP contribution < -0.4 is 0 Å². The predicted molar refractivity (Wildman–Crippen MR) is 75.8 cm³/mol. The Morgan fingerprint density at radius 3 is 2.14 bits per heavy atom. The number of likely N-dealkylation sites (tertiary alicyclic amines) is 1. The van der Waals surface area contributed by atoms with Crippen molar-refractivity contribution < 1.29 is 14.7 Å². The number of amides is 2. The Bertz CT molecular complexity index is 594. The number of benzene rings is 1. The number of carbonyl (C=O) groups excluding carboxylic acids is 2. The van der Waals surface area contributed by atoms with Gasteiger partial charge in [-0.05, 0) is 23.8 Å². The van der Waals surface area contributed by atoms with Gasteiger partial charge in [-0.1, -0.05) is 42.5 Å². The highest BCUT2D eigenvalue weighted by Gasteiger charge is 2.60. The minimum Gasteiger partial charge on any atom is -0.394 e. The quantitative estimate of drug-likeness (QED) is 0.676. The average Bonchev–Trinajstić information content (AvgIpc) is 3.18. The predicted octanol–water partition coefficient (Wildman–Crippen LogP) is 1.53. The zero-order valence-corrected chi connectivity index (χ0v) is 11.6. The van der Waals surface area contributed by atoms with Gasteiger partial charge < -0.3 is 5.11 Å². The molecule has 4 rings (SSSR count). The maximum absolute atomic E-state index is 12.7. The van der Waals surface area contributed by atoms with Crippen LogP contribution in [0.1, 0.15) is 18.0 Å². The van der Waals surface area contributed by atoms with Gasteiger partial charge in [-0.2, -0.15) is 0 Å². The number of hydrogen-bond acceptors (Lipinski definition) is 3. The maximum Gasteiger partial charge on any atom is 0.234 e. The van der Waals surface area contributed by atoms with Gasteiger partial charge >= 0.3 is 0 Å². The number of aliphatic hydroxyl groups excluding tert-OH is 1. The van der Waals surface area contributed by atoms with Crippen LogP contribution in [-0.4, -0.2) is 28.4 Å². The number of allylic oxidation sites excluding steroid dienone is 2. The zero-order valence-electron chi connectivity index (χ0n) is 11.6. The standard InChI is InChI=1S/C17H17NO3/c19-9-13(10-4-2-1-3-5-10)18-16(20)14-11-6-7-12(8-11)15(14)17(18)21/h1-7,11-15,19H,8-9H2/t11?,12?,13-,14?,15?/m0/s1. The Kier molecular flexibility index (Phi) is 2.76. The smallest absolute Gasteiger partial charge is 0.234 e. The number of rotatable bonds is 3. The van der Waals surface area contributed by atoms with Gasteiger partial charge in [-0.25, -0.2) is 0 Å². The molecule has 108 valence electrons. The van der Waals surface area contributed by atoms with Gasteiger partial charge in [-0.15, -0.1) is 0 Å². The van der Waals surface area contributed by atoms with Crippen molar-refractivity contribution in [3.05, 3.63) is 48.0 Å². The van der Waals surface area contributed by atoms with E-state index in [1.54, 1.807) is 0 Å². The summed E-state index contributed by atoms with van der Waals surface area (Å²) in [6.07, 6.45) is 5.09. The Balaban J connectivity index is 1.70. The first-order chi connectivity index (χ1) is 10.2. The van der Waals surface area contributed by atoms with E-state index in [-0.39, 0.29) is 42.1 Å². The summed E-state index contributed by atoms with van der Waals surface area (Å²) >= 11 is 0. The topological polar surface area (TPSA) is 57.6 Å². The lowest BCUT2D eigenvalue weighted by molar-refractivity contribution is -0.144. The van der Waals surface area contributed by atoms with Crippen molar-refractivity contribution in [1.82, 2.24) is 4.90 Å². The second-order valence-corrected chi connectivity index (χ2v) is 6.16. The fourth-order valence-electron chi connectivity index (χ4n) is 4.24. The number of nitrogens with zero attached hydrogens (tertiary/aromatic N) is 1. The first-order valence-corrected chi connectivity index (χ1v) is 7.43. The summed E-state index contributed by atoms with van der Waals surface area (Å²) in [6.45, 7) is -0.232. The van der Waals surface area contributed by atoms with Gasteiger partial charge in [0.15, 0.2) is 0 Å². The summed E-state index contributed by atoms with van der Waals surface area (Å²) in [6, 6.07) is 8.73. The van der Waals surface area contributed by atoms with Crippen molar-refractivity contribution >= 4 is 11.8 Å². The number of aliphatic hydroxyl groups is 1. The van der Waals surface area contributed by atoms with E-state index in [2.05, 4.69) is 12.2 Å². The Labute approximate surface area is 123 Å². The molecule has 1 heterocycles. The number of fused-ring (bicyclic) bond motifs is 5. The fraction of sp³-hybridized carbons (Fsp3) is 0.412. The first kappa shape index (κ1) is 12.8. The van der Waals surface area contributed by atoms with Crippen LogP contribution in [0.3, 0.4) is 0 Å². The molecule has 0 radical (unpaired) electrons. The molecule has 4 heteroatoms. The zero-order chi connectivity index (χ0) is 14.6. The fourth-order valence-corrected chi connectivity index (χ4v) is 4.24. The molecular weight excluding hydrogens is 266 g/mol. The lowest BCUT2D eigenvalue weighted by Gasteiger charge is -2.26. The van der Waals surface area contributed by atoms with Crippen LogP contribution in [0.2, 0.25) is 0 Å². The van der Waals surface area contributed by atoms with E-state index in [0.717, 1.165) is 12.0 Å². The molecule has 1 saturated heterocycles. The second kappa shape index (κ2) is 4.53. The Morgan fingerprint density at radius 2 is 1.62 bits per heavy atom. The second-order valence-electron chi connectivity index (χ2n) is 6.16. The monoisotopic (exact) mass is 283 g/mol. The summed E-state index contributed by atoms with van der Waals surface area (Å²) < 4.78 is 0. The van der Waals surface area contributed by atoms with E-state index in [1.165, 1.54) is 4.90 Å². The molecular formula is C17H17NO3. The van der Waals surface area contributed by atoms with E-state index in [0.29, 0.717) is 0 Å². The lowest BCUT2D eigenvalue weighted by Crippen LogP contribution is -2.38. The van der Waals surface area contributed by atoms with Crippen molar-refractivity contribution in [1.29, 1.82) is 0 Å². The minimum absolute atomic E-state index is 0.107. The molecule has 0 spiro atoms. The SMILES string of the molecule is O=C1C2C3C=CC(C3)C2C(=O)N1[C@@H](CO)c1ccccc1. The third kappa shape index (κ3) is 1.65. The lowest BCUT2D eigenvalue weighted by atomic mass is 9.85. The average molecular weight is 283 g/mol. The van der Waals surface area contributed by atoms with Gasteiger partial charge in [0, 0.05) is 0 Å². The van der Waals surface area contributed by atoms with E-state index in [4.69, 9.17) is 0 Å². The molecule has 5 atom stereocenters. The molecule has 1 saturated carbocycles. The van der Waals surface area contributed by atoms with E-state index in [1.807, 2.05) is 30.3 Å². The van der Waals surface area contributed by atoms with E-state index < -0.39 is 6.04 Å². The van der Waals surface area contributed by atoms with Crippen LogP contribution in [0.25, 0.3) is 0 Å². The van der Waals surface area contributed by atoms with Crippen molar-refractivity contribution in [2.75, 3.05) is 6.61 Å². The molecule has 2 aliphatic carbocycles. The highest BCUT2D eigenvalue weighted by atomic mass is 16.3. The molecule has 4 nitrogen and oxygen atoms in total. The van der Waals surface area contributed by atoms with Crippen LogP contribution in [0.4, 0.5) is 0 Å². The third-order valence-corrected chi connectivity index (χ3v) is 5.17. The minimum atomic E-state index is -0.559. The molecule has 0 aromatic heterocycles. The maximum atomic E-state index is 12.7. The largest absolute Gasteiger partial charge is 0.394 e. The van der Waals surface area contributed by atoms with Crippen LogP contribution in [0.5, 0.6) is 0 Å². The van der Waals surface area contributed by atoms with Gasteiger partial charge in [0.25, 0.3) is 0 Å². The van der Waals surface area contributed by atoms with Crippen molar-refractivity contribution in [3.8, 4) is 0 Å². The van der Waals surface area contributed by atoms with Crippen LogP contribution >= 0.6 is 0 Å². The molecule has 21 heavy (non-hydrogen) atoms. The highest BCUT2D eigenvalue weighted by Crippen LogP contribution is 2.53. The molecule has 2 amide bonds. The Hall–Kier alpha value is -1.94. The summed E-state index contributed by atoms with van der Waals surface area (Å²) in [5, 5.41) is 9.72. The number of carbonyl (C=O) groups is 2. The molecule has 1 N–H and O–H groups in total. The number of hydrogen-bond donors (Lipinski definition) is 1. The van der Waals surface area contributed by atoms with E-state index >= 15 is 0 Å². The van der Waals surface area contributed by atoms with Gasteiger partial charge in [-0.3, -0.25) is 14.5 Å². The van der Waals surface area contributed by atoms with Crippen molar-refractivity contribution in [2.24, 2.45) is 23.7 Å². The summed E-state index contributed by atoms with van der Waals surface area (Å²) in [5.41, 5.74) is 0.807. The molecule has 2 bridgehead atoms. The van der Waals surface area contributed by atoms with Gasteiger partial charge in [0.05, 0.1) is 24.5 Å².